The van der Waals surface area contributed by atoms with Crippen LogP contribution in [0.25, 0.3) is 0 Å². The van der Waals surface area contributed by atoms with Gasteiger partial charge in [0, 0.05) is 16.4 Å². The van der Waals surface area contributed by atoms with Crippen LogP contribution in [0, 0.1) is 12.7 Å². The van der Waals surface area contributed by atoms with E-state index in [2.05, 4.69) is 9.97 Å². The number of benzene rings is 1. The summed E-state index contributed by atoms with van der Waals surface area (Å²) in [4.78, 5) is 9.88. The molecule has 2 N–H and O–H groups in total. The lowest BCUT2D eigenvalue weighted by Crippen LogP contribution is -2.03. The summed E-state index contributed by atoms with van der Waals surface area (Å²) < 4.78 is 12.9. The standard InChI is InChI=1S/C14H14FN3S/c1-8-12(16)17-13(9-2-3-9)18-14(8)19-11-6-4-10(15)5-7-11/h4-7,9H,2-3H2,1H3,(H2,16,17,18). The zero-order valence-electron chi connectivity index (χ0n) is 10.6. The fraction of sp³-hybridized carbons (Fsp3) is 0.286. The summed E-state index contributed by atoms with van der Waals surface area (Å²) in [5.74, 6) is 1.62. The minimum absolute atomic E-state index is 0.234. The number of nitrogens with two attached hydrogens (primary N) is 1. The third-order valence-corrected chi connectivity index (χ3v) is 4.23. The molecule has 1 aliphatic rings. The molecule has 1 aromatic heterocycles. The van der Waals surface area contributed by atoms with Gasteiger partial charge in [-0.25, -0.2) is 14.4 Å². The summed E-state index contributed by atoms with van der Waals surface area (Å²) in [6, 6.07) is 6.39. The molecule has 0 spiro atoms. The van der Waals surface area contributed by atoms with Gasteiger partial charge in [0.05, 0.1) is 0 Å². The molecule has 3 rings (SSSR count). The van der Waals surface area contributed by atoms with Gasteiger partial charge < -0.3 is 5.73 Å². The van der Waals surface area contributed by atoms with E-state index in [4.69, 9.17) is 5.73 Å². The quantitative estimate of drug-likeness (QED) is 0.871. The third-order valence-electron chi connectivity index (χ3n) is 3.13. The highest BCUT2D eigenvalue weighted by molar-refractivity contribution is 7.99. The number of aromatic nitrogens is 2. The molecule has 1 heterocycles. The van der Waals surface area contributed by atoms with Crippen molar-refractivity contribution in [3.05, 3.63) is 41.5 Å². The fourth-order valence-corrected chi connectivity index (χ4v) is 2.66. The lowest BCUT2D eigenvalue weighted by atomic mass is 10.3. The van der Waals surface area contributed by atoms with Gasteiger partial charge >= 0.3 is 0 Å². The van der Waals surface area contributed by atoms with Gasteiger partial charge in [0.2, 0.25) is 0 Å². The van der Waals surface area contributed by atoms with Crippen molar-refractivity contribution in [1.82, 2.24) is 9.97 Å². The Bertz CT molecular complexity index is 609. The van der Waals surface area contributed by atoms with E-state index in [-0.39, 0.29) is 5.82 Å². The van der Waals surface area contributed by atoms with E-state index in [1.54, 1.807) is 12.1 Å². The van der Waals surface area contributed by atoms with E-state index in [9.17, 15) is 4.39 Å². The first kappa shape index (κ1) is 12.4. The Balaban J connectivity index is 1.92. The van der Waals surface area contributed by atoms with Crippen LogP contribution in [0.1, 0.15) is 30.1 Å². The minimum Gasteiger partial charge on any atom is -0.383 e. The van der Waals surface area contributed by atoms with Crippen LogP contribution in [0.15, 0.2) is 34.2 Å². The number of hydrogen-bond acceptors (Lipinski definition) is 4. The molecule has 0 unspecified atom stereocenters. The highest BCUT2D eigenvalue weighted by atomic mass is 32.2. The Labute approximate surface area is 115 Å². The predicted octanol–water partition coefficient (Wildman–Crippen LogP) is 3.53. The number of anilines is 1. The fourth-order valence-electron chi connectivity index (χ4n) is 1.77. The van der Waals surface area contributed by atoms with Crippen molar-refractivity contribution in [3.8, 4) is 0 Å². The zero-order chi connectivity index (χ0) is 13.4. The van der Waals surface area contributed by atoms with Gasteiger partial charge in [0.1, 0.15) is 22.5 Å². The zero-order valence-corrected chi connectivity index (χ0v) is 11.4. The molecule has 0 aliphatic heterocycles. The maximum absolute atomic E-state index is 12.9. The average Bonchev–Trinajstić information content (AvgIpc) is 3.21. The monoisotopic (exact) mass is 275 g/mol. The van der Waals surface area contributed by atoms with Gasteiger partial charge in [0.15, 0.2) is 0 Å². The molecular formula is C14H14FN3S. The van der Waals surface area contributed by atoms with Crippen molar-refractivity contribution in [1.29, 1.82) is 0 Å². The molecule has 0 amide bonds. The molecule has 1 fully saturated rings. The molecule has 19 heavy (non-hydrogen) atoms. The minimum atomic E-state index is -0.234. The number of rotatable bonds is 3. The van der Waals surface area contributed by atoms with Gasteiger partial charge in [-0.15, -0.1) is 0 Å². The van der Waals surface area contributed by atoms with Crippen molar-refractivity contribution in [2.45, 2.75) is 35.6 Å². The molecule has 5 heteroatoms. The largest absolute Gasteiger partial charge is 0.383 e. The van der Waals surface area contributed by atoms with Crippen LogP contribution in [0.2, 0.25) is 0 Å². The summed E-state index contributed by atoms with van der Waals surface area (Å²) in [5.41, 5.74) is 6.83. The number of nitrogens with zero attached hydrogens (tertiary/aromatic N) is 2. The van der Waals surface area contributed by atoms with Crippen molar-refractivity contribution in [2.24, 2.45) is 0 Å². The van der Waals surface area contributed by atoms with E-state index < -0.39 is 0 Å². The van der Waals surface area contributed by atoms with Crippen LogP contribution < -0.4 is 5.73 Å². The van der Waals surface area contributed by atoms with Crippen LogP contribution in [0.3, 0.4) is 0 Å². The lowest BCUT2D eigenvalue weighted by Gasteiger charge is -2.09. The SMILES string of the molecule is Cc1c(N)nc(C2CC2)nc1Sc1ccc(F)cc1. The Hall–Kier alpha value is -1.62. The maximum Gasteiger partial charge on any atom is 0.135 e. The molecule has 1 saturated carbocycles. The Morgan fingerprint density at radius 3 is 2.53 bits per heavy atom. The number of nitrogen functional groups attached to an aromatic ring is 1. The molecule has 0 radical (unpaired) electrons. The van der Waals surface area contributed by atoms with Gasteiger partial charge in [-0.2, -0.15) is 0 Å². The van der Waals surface area contributed by atoms with Crippen LogP contribution >= 0.6 is 11.8 Å². The molecule has 98 valence electrons. The molecule has 1 aromatic carbocycles. The summed E-state index contributed by atoms with van der Waals surface area (Å²) in [6.45, 7) is 1.91. The van der Waals surface area contributed by atoms with Gasteiger partial charge in [-0.05, 0) is 44.0 Å². The highest BCUT2D eigenvalue weighted by Crippen LogP contribution is 2.40. The van der Waals surface area contributed by atoms with Crippen molar-refractivity contribution in [3.63, 3.8) is 0 Å². The van der Waals surface area contributed by atoms with Crippen molar-refractivity contribution in [2.75, 3.05) is 5.73 Å². The molecule has 3 nitrogen and oxygen atoms in total. The number of hydrogen-bond donors (Lipinski definition) is 1. The first-order valence-corrected chi connectivity index (χ1v) is 7.02. The smallest absolute Gasteiger partial charge is 0.135 e. The van der Waals surface area contributed by atoms with E-state index in [0.717, 1.165) is 34.2 Å². The second-order valence-electron chi connectivity index (χ2n) is 4.73. The van der Waals surface area contributed by atoms with Crippen molar-refractivity contribution < 1.29 is 4.39 Å². The van der Waals surface area contributed by atoms with E-state index in [1.165, 1.54) is 23.9 Å². The first-order chi connectivity index (χ1) is 9.13. The van der Waals surface area contributed by atoms with E-state index >= 15 is 0 Å². The molecule has 0 bridgehead atoms. The van der Waals surface area contributed by atoms with Gasteiger partial charge in [-0.3, -0.25) is 0 Å². The lowest BCUT2D eigenvalue weighted by molar-refractivity contribution is 0.626. The van der Waals surface area contributed by atoms with E-state index in [1.807, 2.05) is 6.92 Å². The first-order valence-electron chi connectivity index (χ1n) is 6.21. The van der Waals surface area contributed by atoms with Crippen molar-refractivity contribution >= 4 is 17.6 Å². The van der Waals surface area contributed by atoms with E-state index in [0.29, 0.717) is 11.7 Å². The molecule has 0 atom stereocenters. The number of halogens is 1. The molecule has 0 saturated heterocycles. The Morgan fingerprint density at radius 1 is 1.21 bits per heavy atom. The Kier molecular flexibility index (Phi) is 3.14. The summed E-state index contributed by atoms with van der Waals surface area (Å²) >= 11 is 1.50. The van der Waals surface area contributed by atoms with Crippen LogP contribution in [0.4, 0.5) is 10.2 Å². The predicted molar refractivity (Wildman–Crippen MR) is 73.7 cm³/mol. The van der Waals surface area contributed by atoms with Crippen LogP contribution in [-0.4, -0.2) is 9.97 Å². The molecule has 2 aromatic rings. The average molecular weight is 275 g/mol. The van der Waals surface area contributed by atoms with Gasteiger partial charge in [-0.1, -0.05) is 11.8 Å². The second kappa shape index (κ2) is 4.81. The van der Waals surface area contributed by atoms with Gasteiger partial charge in [0.25, 0.3) is 0 Å². The maximum atomic E-state index is 12.9. The summed E-state index contributed by atoms with van der Waals surface area (Å²) in [7, 11) is 0. The highest BCUT2D eigenvalue weighted by Gasteiger charge is 2.28. The van der Waals surface area contributed by atoms with Crippen LogP contribution in [-0.2, 0) is 0 Å². The Morgan fingerprint density at radius 2 is 1.89 bits per heavy atom. The third kappa shape index (κ3) is 2.71. The topological polar surface area (TPSA) is 51.8 Å². The normalized spacial score (nSPS) is 14.6. The molecule has 1 aliphatic carbocycles. The molecular weight excluding hydrogens is 261 g/mol. The summed E-state index contributed by atoms with van der Waals surface area (Å²) in [5, 5.41) is 0.862. The summed E-state index contributed by atoms with van der Waals surface area (Å²) in [6.07, 6.45) is 2.28. The second-order valence-corrected chi connectivity index (χ2v) is 5.79. The van der Waals surface area contributed by atoms with Crippen LogP contribution in [0.5, 0.6) is 0 Å².